The summed E-state index contributed by atoms with van der Waals surface area (Å²) >= 11 is 0. The highest BCUT2D eigenvalue weighted by Gasteiger charge is 2.44. The first-order valence-corrected chi connectivity index (χ1v) is 11.0. The molecule has 3 saturated heterocycles. The van der Waals surface area contributed by atoms with E-state index in [1.54, 1.807) is 0 Å². The van der Waals surface area contributed by atoms with Gasteiger partial charge in [0.05, 0.1) is 6.04 Å². The van der Waals surface area contributed by atoms with Gasteiger partial charge >= 0.3 is 0 Å². The van der Waals surface area contributed by atoms with E-state index in [9.17, 15) is 0 Å². The van der Waals surface area contributed by atoms with Crippen LogP contribution in [-0.4, -0.2) is 54.1 Å². The number of hydrogen-bond acceptors (Lipinski definition) is 3. The second-order valence-corrected chi connectivity index (χ2v) is 9.31. The third-order valence-corrected chi connectivity index (χ3v) is 7.46. The molecule has 2 bridgehead atoms. The molecule has 3 heteroatoms. The molecule has 5 rings (SSSR count). The topological polar surface area (TPSA) is 18.5 Å². The number of rotatable bonds is 5. The molecule has 0 aliphatic carbocycles. The van der Waals surface area contributed by atoms with Crippen LogP contribution < -0.4 is 5.32 Å². The van der Waals surface area contributed by atoms with Gasteiger partial charge in [0.1, 0.15) is 0 Å². The average molecular weight is 376 g/mol. The molecule has 4 atom stereocenters. The molecule has 1 N–H and O–H groups in total. The summed E-state index contributed by atoms with van der Waals surface area (Å²) in [5.41, 5.74) is 2.80. The van der Waals surface area contributed by atoms with Crippen molar-refractivity contribution < 1.29 is 0 Å². The maximum absolute atomic E-state index is 4.02. The Labute approximate surface area is 169 Å². The van der Waals surface area contributed by atoms with Gasteiger partial charge in [0.2, 0.25) is 0 Å². The molecular formula is C25H33N3. The fraction of sp³-hybridized carbons (Fsp3) is 0.520. The maximum Gasteiger partial charge on any atom is 0.0602 e. The van der Waals surface area contributed by atoms with Crippen LogP contribution >= 0.6 is 0 Å². The molecule has 0 aromatic heterocycles. The van der Waals surface area contributed by atoms with E-state index >= 15 is 0 Å². The van der Waals surface area contributed by atoms with Gasteiger partial charge in [0, 0.05) is 37.3 Å². The van der Waals surface area contributed by atoms with Crippen LogP contribution in [0.4, 0.5) is 0 Å². The van der Waals surface area contributed by atoms with Crippen molar-refractivity contribution in [2.75, 3.05) is 20.1 Å². The van der Waals surface area contributed by atoms with Crippen molar-refractivity contribution in [2.24, 2.45) is 5.92 Å². The van der Waals surface area contributed by atoms with Crippen LogP contribution in [-0.2, 0) is 0 Å². The van der Waals surface area contributed by atoms with Gasteiger partial charge in [-0.2, -0.15) is 0 Å². The molecule has 148 valence electrons. The van der Waals surface area contributed by atoms with Crippen molar-refractivity contribution in [3.8, 4) is 0 Å². The second kappa shape index (κ2) is 7.62. The maximum atomic E-state index is 4.02. The lowest BCUT2D eigenvalue weighted by Gasteiger charge is -2.48. The lowest BCUT2D eigenvalue weighted by Crippen LogP contribution is -2.62. The summed E-state index contributed by atoms with van der Waals surface area (Å²) in [6.45, 7) is 4.73. The van der Waals surface area contributed by atoms with E-state index in [0.717, 1.165) is 31.1 Å². The van der Waals surface area contributed by atoms with Gasteiger partial charge in [-0.15, -0.1) is 0 Å². The molecule has 0 amide bonds. The van der Waals surface area contributed by atoms with E-state index in [1.807, 2.05) is 0 Å². The van der Waals surface area contributed by atoms with Crippen LogP contribution in [0, 0.1) is 5.92 Å². The quantitative estimate of drug-likeness (QED) is 0.854. The third kappa shape index (κ3) is 3.41. The van der Waals surface area contributed by atoms with E-state index < -0.39 is 0 Å². The van der Waals surface area contributed by atoms with Gasteiger partial charge in [-0.05, 0) is 43.4 Å². The fourth-order valence-electron chi connectivity index (χ4n) is 5.98. The molecule has 0 spiro atoms. The summed E-state index contributed by atoms with van der Waals surface area (Å²) in [6, 6.07) is 25.3. The largest absolute Gasteiger partial charge is 0.309 e. The number of nitrogens with one attached hydrogen (secondary N) is 1. The van der Waals surface area contributed by atoms with Gasteiger partial charge in [-0.25, -0.2) is 0 Å². The van der Waals surface area contributed by atoms with Crippen molar-refractivity contribution in [3.05, 3.63) is 71.8 Å². The molecule has 0 radical (unpaired) electrons. The molecule has 3 heterocycles. The number of fused-ring (bicyclic) bond motifs is 2. The Morgan fingerprint density at radius 2 is 1.43 bits per heavy atom. The van der Waals surface area contributed by atoms with E-state index in [0.29, 0.717) is 18.1 Å². The van der Waals surface area contributed by atoms with Crippen molar-refractivity contribution in [2.45, 2.75) is 56.4 Å². The first-order chi connectivity index (χ1) is 13.7. The summed E-state index contributed by atoms with van der Waals surface area (Å²) in [6.07, 6.45) is 4.04. The zero-order valence-corrected chi connectivity index (χ0v) is 17.2. The molecule has 3 aliphatic heterocycles. The summed E-state index contributed by atoms with van der Waals surface area (Å²) in [4.78, 5) is 5.28. The fourth-order valence-corrected chi connectivity index (χ4v) is 5.98. The van der Waals surface area contributed by atoms with E-state index in [4.69, 9.17) is 0 Å². The Morgan fingerprint density at radius 1 is 0.821 bits per heavy atom. The number of nitrogens with zero attached hydrogens (tertiary/aromatic N) is 2. The van der Waals surface area contributed by atoms with Crippen LogP contribution in [0.3, 0.4) is 0 Å². The highest BCUT2D eigenvalue weighted by Crippen LogP contribution is 2.39. The van der Waals surface area contributed by atoms with Crippen molar-refractivity contribution >= 4 is 0 Å². The van der Waals surface area contributed by atoms with E-state index in [2.05, 4.69) is 89.8 Å². The molecular weight excluding hydrogens is 342 g/mol. The highest BCUT2D eigenvalue weighted by atomic mass is 15.3. The number of benzene rings is 2. The molecule has 28 heavy (non-hydrogen) atoms. The average Bonchev–Trinajstić information content (AvgIpc) is 2.85. The molecule has 2 aromatic carbocycles. The number of likely N-dealkylation sites (tertiary alicyclic amines) is 1. The molecule has 3 nitrogen and oxygen atoms in total. The normalized spacial score (nSPS) is 31.2. The van der Waals surface area contributed by atoms with Gasteiger partial charge in [0.25, 0.3) is 0 Å². The standard InChI is InChI=1S/C25H33N3/c1-18-13-23-14-21(15-24(18)27(23)2)26-22-16-28(17-22)25(19-9-5-3-6-10-19)20-11-7-4-8-12-20/h3-12,18,21-26H,13-17H2,1-2H3. The Hall–Kier alpha value is -1.68. The third-order valence-electron chi connectivity index (χ3n) is 7.46. The van der Waals surface area contributed by atoms with Crippen molar-refractivity contribution in [3.63, 3.8) is 0 Å². The first kappa shape index (κ1) is 18.4. The van der Waals surface area contributed by atoms with E-state index in [1.165, 1.54) is 30.4 Å². The summed E-state index contributed by atoms with van der Waals surface area (Å²) in [5, 5.41) is 4.02. The second-order valence-electron chi connectivity index (χ2n) is 9.31. The number of hydrogen-bond donors (Lipinski definition) is 1. The van der Waals surface area contributed by atoms with Gasteiger partial charge in [-0.1, -0.05) is 67.6 Å². The molecule has 0 saturated carbocycles. The SMILES string of the molecule is CC1CC2CC(NC3CN(C(c4ccccc4)c4ccccc4)C3)CC1N2C. The zero-order chi connectivity index (χ0) is 19.1. The molecule has 4 unspecified atom stereocenters. The Kier molecular flexibility index (Phi) is 5.00. The van der Waals surface area contributed by atoms with Gasteiger partial charge < -0.3 is 10.2 Å². The zero-order valence-electron chi connectivity index (χ0n) is 17.2. The number of piperidine rings is 1. The Bertz CT molecular complexity index is 731. The van der Waals surface area contributed by atoms with E-state index in [-0.39, 0.29) is 0 Å². The predicted octanol–water partition coefficient (Wildman–Crippen LogP) is 3.92. The Balaban J connectivity index is 1.24. The van der Waals surface area contributed by atoms with Crippen LogP contribution in [0.25, 0.3) is 0 Å². The summed E-state index contributed by atoms with van der Waals surface area (Å²) in [5.74, 6) is 0.861. The van der Waals surface area contributed by atoms with Gasteiger partial charge in [-0.3, -0.25) is 4.90 Å². The molecule has 3 fully saturated rings. The van der Waals surface area contributed by atoms with Crippen LogP contribution in [0.2, 0.25) is 0 Å². The summed E-state index contributed by atoms with van der Waals surface area (Å²) in [7, 11) is 2.34. The molecule has 3 aliphatic rings. The predicted molar refractivity (Wildman–Crippen MR) is 115 cm³/mol. The minimum atomic E-state index is 0.370. The highest BCUT2D eigenvalue weighted by molar-refractivity contribution is 5.32. The molecule has 2 aromatic rings. The minimum Gasteiger partial charge on any atom is -0.309 e. The van der Waals surface area contributed by atoms with Crippen LogP contribution in [0.15, 0.2) is 60.7 Å². The van der Waals surface area contributed by atoms with Crippen molar-refractivity contribution in [1.29, 1.82) is 0 Å². The minimum absolute atomic E-state index is 0.370. The Morgan fingerprint density at radius 3 is 2.00 bits per heavy atom. The summed E-state index contributed by atoms with van der Waals surface area (Å²) < 4.78 is 0. The lowest BCUT2D eigenvalue weighted by atomic mass is 9.91. The smallest absolute Gasteiger partial charge is 0.0602 e. The van der Waals surface area contributed by atoms with Crippen LogP contribution in [0.1, 0.15) is 43.4 Å². The van der Waals surface area contributed by atoms with Crippen LogP contribution in [0.5, 0.6) is 0 Å². The monoisotopic (exact) mass is 375 g/mol. The first-order valence-electron chi connectivity index (χ1n) is 11.0. The van der Waals surface area contributed by atoms with Gasteiger partial charge in [0.15, 0.2) is 0 Å². The lowest BCUT2D eigenvalue weighted by molar-refractivity contribution is 0.0665. The van der Waals surface area contributed by atoms with Crippen molar-refractivity contribution in [1.82, 2.24) is 15.1 Å².